The predicted molar refractivity (Wildman–Crippen MR) is 71.1 cm³/mol. The van der Waals surface area contributed by atoms with Crippen molar-refractivity contribution in [2.45, 2.75) is 19.9 Å². The second-order valence-electron chi connectivity index (χ2n) is 4.98. The molecule has 0 saturated carbocycles. The zero-order valence-electron chi connectivity index (χ0n) is 10.7. The fraction of sp³-hybridized carbons (Fsp3) is 0.462. The summed E-state index contributed by atoms with van der Waals surface area (Å²) in [6, 6.07) is 7.87. The Bertz CT molecular complexity index is 565. The van der Waals surface area contributed by atoms with E-state index < -0.39 is 21.8 Å². The molecule has 1 fully saturated rings. The van der Waals surface area contributed by atoms with Crippen molar-refractivity contribution in [3.63, 3.8) is 0 Å². The summed E-state index contributed by atoms with van der Waals surface area (Å²) in [4.78, 5) is 13.6. The largest absolute Gasteiger partial charge is 0.338 e. The van der Waals surface area contributed by atoms with Gasteiger partial charge in [0.05, 0.1) is 11.7 Å². The van der Waals surface area contributed by atoms with E-state index in [4.69, 9.17) is 4.55 Å². The lowest BCUT2D eigenvalue weighted by Gasteiger charge is -2.16. The summed E-state index contributed by atoms with van der Waals surface area (Å²) in [7, 11) is -4.09. The molecular weight excluding hydrogens is 266 g/mol. The Hall–Kier alpha value is -1.40. The van der Waals surface area contributed by atoms with Crippen molar-refractivity contribution in [2.24, 2.45) is 5.92 Å². The zero-order valence-corrected chi connectivity index (χ0v) is 11.6. The maximum Gasteiger partial charge on any atom is 0.265 e. The van der Waals surface area contributed by atoms with Crippen LogP contribution in [-0.2, 0) is 21.5 Å². The molecule has 0 unspecified atom stereocenters. The van der Waals surface area contributed by atoms with Crippen LogP contribution in [0, 0.1) is 12.8 Å². The molecule has 1 aliphatic heterocycles. The van der Waals surface area contributed by atoms with Crippen LogP contribution < -0.4 is 0 Å². The van der Waals surface area contributed by atoms with Crippen LogP contribution in [0.4, 0.5) is 0 Å². The maximum absolute atomic E-state index is 12.0. The quantitative estimate of drug-likeness (QED) is 0.843. The molecule has 0 spiro atoms. The molecule has 1 aromatic rings. The van der Waals surface area contributed by atoms with Gasteiger partial charge in [0.2, 0.25) is 5.91 Å². The second kappa shape index (κ2) is 5.30. The number of hydrogen-bond acceptors (Lipinski definition) is 3. The molecule has 1 atom stereocenters. The van der Waals surface area contributed by atoms with E-state index in [0.29, 0.717) is 19.5 Å². The Kier molecular flexibility index (Phi) is 3.91. The van der Waals surface area contributed by atoms with Crippen molar-refractivity contribution in [3.8, 4) is 0 Å². The molecule has 104 valence electrons. The standard InChI is InChI=1S/C13H17NO4S/c1-10-2-4-11(5-3-10)8-14-7-6-12(13(14)15)9-19(16,17)18/h2-5,12H,6-9H2,1H3,(H,16,17,18)/t12-/m1/s1. The van der Waals surface area contributed by atoms with Gasteiger partial charge in [-0.05, 0) is 18.9 Å². The highest BCUT2D eigenvalue weighted by molar-refractivity contribution is 7.85. The van der Waals surface area contributed by atoms with Gasteiger partial charge in [0, 0.05) is 13.1 Å². The number of benzene rings is 1. The number of likely N-dealkylation sites (tertiary alicyclic amines) is 1. The summed E-state index contributed by atoms with van der Waals surface area (Å²) in [5.74, 6) is -1.28. The first-order valence-corrected chi connectivity index (χ1v) is 7.75. The molecule has 0 aromatic heterocycles. The molecule has 5 nitrogen and oxygen atoms in total. The van der Waals surface area contributed by atoms with Crippen LogP contribution in [0.1, 0.15) is 17.5 Å². The van der Waals surface area contributed by atoms with E-state index >= 15 is 0 Å². The number of carbonyl (C=O) groups is 1. The van der Waals surface area contributed by atoms with Gasteiger partial charge < -0.3 is 4.90 Å². The number of amides is 1. The molecule has 1 saturated heterocycles. The molecule has 1 amide bonds. The van der Waals surface area contributed by atoms with Crippen LogP contribution in [0.5, 0.6) is 0 Å². The first-order chi connectivity index (χ1) is 8.85. The van der Waals surface area contributed by atoms with Gasteiger partial charge in [-0.3, -0.25) is 9.35 Å². The molecule has 1 heterocycles. The average molecular weight is 283 g/mol. The molecule has 19 heavy (non-hydrogen) atoms. The SMILES string of the molecule is Cc1ccc(CN2CC[C@H](CS(=O)(=O)O)C2=O)cc1. The van der Waals surface area contributed by atoms with E-state index in [0.717, 1.165) is 11.1 Å². The molecule has 0 radical (unpaired) electrons. The van der Waals surface area contributed by atoms with Crippen LogP contribution in [0.2, 0.25) is 0 Å². The van der Waals surface area contributed by atoms with Gasteiger partial charge >= 0.3 is 0 Å². The van der Waals surface area contributed by atoms with Crippen LogP contribution in [0.15, 0.2) is 24.3 Å². The van der Waals surface area contributed by atoms with Crippen LogP contribution in [0.3, 0.4) is 0 Å². The number of hydrogen-bond donors (Lipinski definition) is 1. The molecular formula is C13H17NO4S. The third-order valence-corrected chi connectivity index (χ3v) is 4.14. The molecule has 0 bridgehead atoms. The average Bonchev–Trinajstić information content (AvgIpc) is 2.63. The van der Waals surface area contributed by atoms with E-state index in [9.17, 15) is 13.2 Å². The minimum absolute atomic E-state index is 0.196. The van der Waals surface area contributed by atoms with Gasteiger partial charge in [0.25, 0.3) is 10.1 Å². The van der Waals surface area contributed by atoms with Crippen molar-refractivity contribution in [2.75, 3.05) is 12.3 Å². The Morgan fingerprint density at radius 1 is 1.32 bits per heavy atom. The summed E-state index contributed by atoms with van der Waals surface area (Å²) in [6.45, 7) is 3.01. The Labute approximate surface area is 113 Å². The fourth-order valence-electron chi connectivity index (χ4n) is 2.28. The van der Waals surface area contributed by atoms with Crippen molar-refractivity contribution in [1.29, 1.82) is 0 Å². The summed E-state index contributed by atoms with van der Waals surface area (Å²) < 4.78 is 30.4. The lowest BCUT2D eigenvalue weighted by atomic mass is 10.1. The summed E-state index contributed by atoms with van der Waals surface area (Å²) >= 11 is 0. The minimum Gasteiger partial charge on any atom is -0.338 e. The molecule has 0 aliphatic carbocycles. The zero-order chi connectivity index (χ0) is 14.0. The Morgan fingerprint density at radius 3 is 2.53 bits per heavy atom. The van der Waals surface area contributed by atoms with Crippen LogP contribution in [-0.4, -0.2) is 36.1 Å². The highest BCUT2D eigenvalue weighted by Crippen LogP contribution is 2.21. The summed E-state index contributed by atoms with van der Waals surface area (Å²) in [6.07, 6.45) is 0.477. The van der Waals surface area contributed by atoms with Crippen molar-refractivity contribution < 1.29 is 17.8 Å². The maximum atomic E-state index is 12.0. The van der Waals surface area contributed by atoms with Gasteiger partial charge in [-0.25, -0.2) is 0 Å². The number of rotatable bonds is 4. The Balaban J connectivity index is 2.00. The number of carbonyl (C=O) groups excluding carboxylic acids is 1. The molecule has 1 N–H and O–H groups in total. The van der Waals surface area contributed by atoms with Crippen LogP contribution >= 0.6 is 0 Å². The first kappa shape index (κ1) is 14.0. The molecule has 1 aliphatic rings. The van der Waals surface area contributed by atoms with Gasteiger partial charge in [-0.1, -0.05) is 29.8 Å². The van der Waals surface area contributed by atoms with E-state index in [1.807, 2.05) is 31.2 Å². The normalized spacial score (nSPS) is 20.0. The molecule has 2 rings (SSSR count). The molecule has 6 heteroatoms. The van der Waals surface area contributed by atoms with Gasteiger partial charge in [0.1, 0.15) is 0 Å². The highest BCUT2D eigenvalue weighted by Gasteiger charge is 2.34. The van der Waals surface area contributed by atoms with Gasteiger partial charge in [0.15, 0.2) is 0 Å². The lowest BCUT2D eigenvalue weighted by Crippen LogP contribution is -2.29. The van der Waals surface area contributed by atoms with E-state index in [1.165, 1.54) is 0 Å². The smallest absolute Gasteiger partial charge is 0.265 e. The van der Waals surface area contributed by atoms with E-state index in [-0.39, 0.29) is 5.91 Å². The highest BCUT2D eigenvalue weighted by atomic mass is 32.2. The molecule has 1 aromatic carbocycles. The lowest BCUT2D eigenvalue weighted by molar-refractivity contribution is -0.130. The predicted octanol–water partition coefficient (Wildman–Crippen LogP) is 1.23. The number of nitrogens with zero attached hydrogens (tertiary/aromatic N) is 1. The second-order valence-corrected chi connectivity index (χ2v) is 6.48. The summed E-state index contributed by atoms with van der Waals surface area (Å²) in [5, 5.41) is 0. The van der Waals surface area contributed by atoms with Crippen molar-refractivity contribution in [1.82, 2.24) is 4.90 Å². The topological polar surface area (TPSA) is 74.7 Å². The van der Waals surface area contributed by atoms with Crippen molar-refractivity contribution >= 4 is 16.0 Å². The monoisotopic (exact) mass is 283 g/mol. The van der Waals surface area contributed by atoms with Gasteiger partial charge in [-0.15, -0.1) is 0 Å². The third-order valence-electron chi connectivity index (χ3n) is 3.31. The van der Waals surface area contributed by atoms with Crippen LogP contribution in [0.25, 0.3) is 0 Å². The van der Waals surface area contributed by atoms with E-state index in [1.54, 1.807) is 4.90 Å². The minimum atomic E-state index is -4.09. The third kappa shape index (κ3) is 3.78. The first-order valence-electron chi connectivity index (χ1n) is 6.14. The summed E-state index contributed by atoms with van der Waals surface area (Å²) in [5.41, 5.74) is 2.17. The Morgan fingerprint density at radius 2 is 1.95 bits per heavy atom. The number of aryl methyl sites for hydroxylation is 1. The van der Waals surface area contributed by atoms with Gasteiger partial charge in [-0.2, -0.15) is 8.42 Å². The van der Waals surface area contributed by atoms with Crippen molar-refractivity contribution in [3.05, 3.63) is 35.4 Å². The fourth-order valence-corrected chi connectivity index (χ4v) is 3.10. The van der Waals surface area contributed by atoms with E-state index in [2.05, 4.69) is 0 Å².